The highest BCUT2D eigenvalue weighted by Crippen LogP contribution is 2.33. The van der Waals surface area contributed by atoms with Crippen LogP contribution < -0.4 is 5.43 Å². The lowest BCUT2D eigenvalue weighted by molar-refractivity contribution is -0.123. The zero-order valence-corrected chi connectivity index (χ0v) is 21.2. The van der Waals surface area contributed by atoms with Crippen LogP contribution >= 0.6 is 47.2 Å². The summed E-state index contributed by atoms with van der Waals surface area (Å²) >= 11 is 18.3. The van der Waals surface area contributed by atoms with Crippen molar-refractivity contribution in [2.75, 3.05) is 6.61 Å². The van der Waals surface area contributed by atoms with Crippen LogP contribution in [0.1, 0.15) is 33.4 Å². The van der Waals surface area contributed by atoms with Gasteiger partial charge < -0.3 is 9.15 Å². The van der Waals surface area contributed by atoms with Crippen molar-refractivity contribution in [2.24, 2.45) is 0 Å². The van der Waals surface area contributed by atoms with E-state index in [2.05, 4.69) is 5.43 Å². The summed E-state index contributed by atoms with van der Waals surface area (Å²) in [6.45, 7) is 1.93. The number of nitrogens with one attached hydrogen (secondary N) is 1. The maximum atomic E-state index is 12.8. The largest absolute Gasteiger partial charge is 0.462 e. The normalized spacial score (nSPS) is 14.5. The van der Waals surface area contributed by atoms with Crippen molar-refractivity contribution >= 4 is 75.4 Å². The number of hydrogen-bond acceptors (Lipinski definition) is 7. The van der Waals surface area contributed by atoms with E-state index >= 15 is 0 Å². The first-order valence-electron chi connectivity index (χ1n) is 10.2. The maximum absolute atomic E-state index is 12.8. The number of halogens is 2. The van der Waals surface area contributed by atoms with E-state index in [-0.39, 0.29) is 26.4 Å². The van der Waals surface area contributed by atoms with Crippen molar-refractivity contribution in [3.63, 3.8) is 0 Å². The molecule has 2 aromatic carbocycles. The van der Waals surface area contributed by atoms with E-state index in [0.717, 1.165) is 16.8 Å². The van der Waals surface area contributed by atoms with Crippen LogP contribution in [0.3, 0.4) is 0 Å². The first-order valence-corrected chi connectivity index (χ1v) is 12.2. The molecular formula is C24H16Cl2N2O5S2. The molecule has 0 bridgehead atoms. The molecule has 0 saturated carbocycles. The topological polar surface area (TPSA) is 88.9 Å². The molecule has 3 aromatic rings. The average molecular weight is 547 g/mol. The van der Waals surface area contributed by atoms with E-state index in [0.29, 0.717) is 27.7 Å². The summed E-state index contributed by atoms with van der Waals surface area (Å²) in [4.78, 5) is 37.7. The fraction of sp³-hybridized carbons (Fsp3) is 0.0833. The number of rotatable bonds is 6. The number of nitrogens with zero attached hydrogens (tertiary/aromatic N) is 1. The van der Waals surface area contributed by atoms with Crippen molar-refractivity contribution in [2.45, 2.75) is 6.92 Å². The summed E-state index contributed by atoms with van der Waals surface area (Å²) in [6.07, 6.45) is 1.53. The molecule has 1 aromatic heterocycles. The first-order chi connectivity index (χ1) is 16.8. The number of hydrazine groups is 1. The molecule has 35 heavy (non-hydrogen) atoms. The Bertz CT molecular complexity index is 1370. The number of hydrogen-bond donors (Lipinski definition) is 1. The smallest absolute Gasteiger partial charge is 0.339 e. The van der Waals surface area contributed by atoms with Crippen molar-refractivity contribution in [1.82, 2.24) is 10.4 Å². The van der Waals surface area contributed by atoms with E-state index < -0.39 is 17.8 Å². The number of thioether (sulfide) groups is 1. The Hall–Kier alpha value is -3.11. The van der Waals surface area contributed by atoms with Crippen molar-refractivity contribution in [3.05, 3.63) is 86.4 Å². The highest BCUT2D eigenvalue weighted by atomic mass is 35.5. The molecule has 0 aliphatic carbocycles. The Morgan fingerprint density at radius 1 is 1.14 bits per heavy atom. The lowest BCUT2D eigenvalue weighted by atomic mass is 10.1. The number of amides is 2. The molecule has 0 unspecified atom stereocenters. The van der Waals surface area contributed by atoms with E-state index in [4.69, 9.17) is 44.6 Å². The van der Waals surface area contributed by atoms with E-state index in [1.807, 2.05) is 0 Å². The van der Waals surface area contributed by atoms with Crippen LogP contribution in [0.25, 0.3) is 17.4 Å². The number of benzene rings is 2. The third-order valence-corrected chi connectivity index (χ3v) is 6.64. The van der Waals surface area contributed by atoms with E-state index in [1.54, 1.807) is 61.5 Å². The fourth-order valence-electron chi connectivity index (χ4n) is 3.09. The summed E-state index contributed by atoms with van der Waals surface area (Å²) in [6, 6.07) is 14.5. The molecule has 178 valence electrons. The van der Waals surface area contributed by atoms with Gasteiger partial charge in [0.1, 0.15) is 11.5 Å². The van der Waals surface area contributed by atoms with Gasteiger partial charge in [-0.2, -0.15) is 5.01 Å². The second-order valence-electron chi connectivity index (χ2n) is 7.08. The molecule has 4 rings (SSSR count). The minimum atomic E-state index is -0.532. The van der Waals surface area contributed by atoms with Crippen LogP contribution in [-0.4, -0.2) is 33.7 Å². The summed E-state index contributed by atoms with van der Waals surface area (Å²) in [5.74, 6) is -0.673. The molecule has 1 N–H and O–H groups in total. The molecule has 0 atom stereocenters. The quantitative estimate of drug-likeness (QED) is 0.231. The Morgan fingerprint density at radius 3 is 2.60 bits per heavy atom. The van der Waals surface area contributed by atoms with Gasteiger partial charge in [-0.05, 0) is 73.7 Å². The molecule has 1 fully saturated rings. The van der Waals surface area contributed by atoms with Crippen molar-refractivity contribution in [1.29, 1.82) is 0 Å². The van der Waals surface area contributed by atoms with Crippen LogP contribution in [0.5, 0.6) is 0 Å². The van der Waals surface area contributed by atoms with Gasteiger partial charge >= 0.3 is 5.97 Å². The Labute approximate surface area is 220 Å². The predicted octanol–water partition coefficient (Wildman–Crippen LogP) is 5.98. The molecule has 1 saturated heterocycles. The highest BCUT2D eigenvalue weighted by Gasteiger charge is 2.34. The molecule has 1 aliphatic rings. The van der Waals surface area contributed by atoms with Gasteiger partial charge in [-0.25, -0.2) is 4.79 Å². The molecular weight excluding hydrogens is 531 g/mol. The minimum Gasteiger partial charge on any atom is -0.462 e. The highest BCUT2D eigenvalue weighted by molar-refractivity contribution is 8.26. The van der Waals surface area contributed by atoms with Gasteiger partial charge in [0.2, 0.25) is 0 Å². The molecule has 0 spiro atoms. The van der Waals surface area contributed by atoms with Gasteiger partial charge in [-0.15, -0.1) is 0 Å². The lowest BCUT2D eigenvalue weighted by Crippen LogP contribution is -2.44. The minimum absolute atomic E-state index is 0.173. The van der Waals surface area contributed by atoms with Crippen molar-refractivity contribution < 1.29 is 23.5 Å². The van der Waals surface area contributed by atoms with Crippen molar-refractivity contribution in [3.8, 4) is 11.3 Å². The van der Waals surface area contributed by atoms with Gasteiger partial charge in [0, 0.05) is 22.2 Å². The lowest BCUT2D eigenvalue weighted by Gasteiger charge is -2.15. The van der Waals surface area contributed by atoms with Crippen LogP contribution in [0.15, 0.2) is 63.9 Å². The fourth-order valence-corrected chi connectivity index (χ4v) is 4.57. The number of thiocarbonyl (C=S) groups is 1. The molecule has 11 heteroatoms. The SMILES string of the molecule is CCOC(=O)c1cc(-c2ccc(/C=C3/SC(=S)N(NC(=O)c4ccc(Cl)cc4)C3=O)o2)ccc1Cl. The second-order valence-corrected chi connectivity index (χ2v) is 9.60. The van der Waals surface area contributed by atoms with Gasteiger partial charge in [0.05, 0.1) is 22.1 Å². The summed E-state index contributed by atoms with van der Waals surface area (Å²) in [5.41, 5.74) is 3.67. The number of ether oxygens (including phenoxy) is 1. The number of esters is 1. The second kappa shape index (κ2) is 10.7. The number of carbonyl (C=O) groups excluding carboxylic acids is 3. The molecule has 2 heterocycles. The summed E-state index contributed by atoms with van der Waals surface area (Å²) in [7, 11) is 0. The standard InChI is InChI=1S/C24H16Cl2N2O5S2/c1-2-32-23(31)17-11-14(5-9-18(17)26)19-10-8-16(33-19)12-20-22(30)28(24(34)35-20)27-21(29)13-3-6-15(25)7-4-13/h3-12H,2H2,1H3,(H,27,29)/b20-12+. The molecule has 2 amide bonds. The monoisotopic (exact) mass is 546 g/mol. The first kappa shape index (κ1) is 25.0. The maximum Gasteiger partial charge on any atom is 0.339 e. The van der Waals surface area contributed by atoms with Gasteiger partial charge in [-0.3, -0.25) is 15.0 Å². The zero-order valence-electron chi connectivity index (χ0n) is 18.0. The summed E-state index contributed by atoms with van der Waals surface area (Å²) in [5, 5.41) is 1.77. The Balaban J connectivity index is 1.51. The number of carbonyl (C=O) groups is 3. The third-order valence-electron chi connectivity index (χ3n) is 4.76. The number of furan rings is 1. The van der Waals surface area contributed by atoms with Gasteiger partial charge in [-0.1, -0.05) is 35.0 Å². The van der Waals surface area contributed by atoms with Crippen LogP contribution in [0, 0.1) is 0 Å². The van der Waals surface area contributed by atoms with Gasteiger partial charge in [0.15, 0.2) is 4.32 Å². The molecule has 7 nitrogen and oxygen atoms in total. The van der Waals surface area contributed by atoms with E-state index in [9.17, 15) is 14.4 Å². The Kier molecular flexibility index (Phi) is 7.61. The summed E-state index contributed by atoms with van der Waals surface area (Å²) < 4.78 is 11.1. The van der Waals surface area contributed by atoms with Crippen LogP contribution in [-0.2, 0) is 9.53 Å². The third kappa shape index (κ3) is 5.59. The predicted molar refractivity (Wildman–Crippen MR) is 139 cm³/mol. The van der Waals surface area contributed by atoms with E-state index in [1.165, 1.54) is 6.08 Å². The van der Waals surface area contributed by atoms with Gasteiger partial charge in [0.25, 0.3) is 11.8 Å². The molecule has 0 radical (unpaired) electrons. The Morgan fingerprint density at radius 2 is 1.89 bits per heavy atom. The van der Waals surface area contributed by atoms with Crippen LogP contribution in [0.2, 0.25) is 10.0 Å². The molecule has 1 aliphatic heterocycles. The van der Waals surface area contributed by atoms with Crippen LogP contribution in [0.4, 0.5) is 0 Å². The zero-order chi connectivity index (χ0) is 25.1. The average Bonchev–Trinajstić information content (AvgIpc) is 3.40.